The summed E-state index contributed by atoms with van der Waals surface area (Å²) >= 11 is 2.27. The van der Waals surface area contributed by atoms with Gasteiger partial charge in [-0.3, -0.25) is 0 Å². The van der Waals surface area contributed by atoms with Gasteiger partial charge in [0.2, 0.25) is 0 Å². The van der Waals surface area contributed by atoms with Crippen LogP contribution in [0.15, 0.2) is 60.7 Å². The Balaban J connectivity index is 2.34. The SMILES string of the molecule is [Li][CH2]P(c1ccccc1)c1ccccc1. The molecule has 0 N–H and O–H groups in total. The molecule has 15 heavy (non-hydrogen) atoms. The average molecular weight is 206 g/mol. The van der Waals surface area contributed by atoms with Gasteiger partial charge in [-0.05, 0) is 0 Å². The van der Waals surface area contributed by atoms with Crippen molar-refractivity contribution in [3.05, 3.63) is 60.7 Å². The van der Waals surface area contributed by atoms with Gasteiger partial charge in [-0.15, -0.1) is 0 Å². The summed E-state index contributed by atoms with van der Waals surface area (Å²) in [5.41, 5.74) is 0. The molecule has 0 unspecified atom stereocenters. The summed E-state index contributed by atoms with van der Waals surface area (Å²) in [4.78, 5) is 1.21. The van der Waals surface area contributed by atoms with Gasteiger partial charge in [0, 0.05) is 0 Å². The van der Waals surface area contributed by atoms with Crippen molar-refractivity contribution in [3.63, 3.8) is 0 Å². The second-order valence-corrected chi connectivity index (χ2v) is 5.94. The molecule has 0 nitrogen and oxygen atoms in total. The Labute approximate surface area is 102 Å². The van der Waals surface area contributed by atoms with Crippen LogP contribution in [0, 0.1) is 0 Å². The number of benzene rings is 2. The summed E-state index contributed by atoms with van der Waals surface area (Å²) in [6.07, 6.45) is 0. The maximum atomic E-state index is 2.27. The first kappa shape index (κ1) is 11.0. The van der Waals surface area contributed by atoms with E-state index in [0.29, 0.717) is 0 Å². The minimum absolute atomic E-state index is 0.149. The molecule has 2 aromatic rings. The molecule has 0 spiro atoms. The van der Waals surface area contributed by atoms with E-state index in [9.17, 15) is 0 Å². The van der Waals surface area contributed by atoms with E-state index in [0.717, 1.165) is 0 Å². The fourth-order valence-electron chi connectivity index (χ4n) is 1.73. The van der Waals surface area contributed by atoms with Crippen LogP contribution in [0.5, 0.6) is 0 Å². The molecule has 0 aliphatic rings. The topological polar surface area (TPSA) is 0 Å². The number of hydrogen-bond donors (Lipinski definition) is 0. The first-order valence-electron chi connectivity index (χ1n) is 5.29. The third-order valence-corrected chi connectivity index (χ3v) is 4.93. The molecule has 0 aliphatic carbocycles. The minimum atomic E-state index is -0.149. The second kappa shape index (κ2) is 5.52. The van der Waals surface area contributed by atoms with Crippen LogP contribution in [0.25, 0.3) is 0 Å². The fourth-order valence-corrected chi connectivity index (χ4v) is 3.82. The van der Waals surface area contributed by atoms with Crippen LogP contribution >= 0.6 is 7.92 Å². The zero-order chi connectivity index (χ0) is 10.5. The summed E-state index contributed by atoms with van der Waals surface area (Å²) in [6.45, 7) is 0. The Kier molecular flexibility index (Phi) is 4.04. The summed E-state index contributed by atoms with van der Waals surface area (Å²) in [5, 5.41) is 2.95. The Morgan fingerprint density at radius 1 is 0.733 bits per heavy atom. The van der Waals surface area contributed by atoms with E-state index in [4.69, 9.17) is 0 Å². The van der Waals surface area contributed by atoms with Gasteiger partial charge in [-0.2, -0.15) is 0 Å². The zero-order valence-corrected chi connectivity index (χ0v) is 9.82. The van der Waals surface area contributed by atoms with Gasteiger partial charge >= 0.3 is 102 Å². The molecule has 0 saturated heterocycles. The van der Waals surface area contributed by atoms with E-state index >= 15 is 0 Å². The molecule has 0 heterocycles. The van der Waals surface area contributed by atoms with Crippen LogP contribution < -0.4 is 10.6 Å². The van der Waals surface area contributed by atoms with E-state index in [1.807, 2.05) is 0 Å². The average Bonchev–Trinajstić information content (AvgIpc) is 2.33. The zero-order valence-electron chi connectivity index (χ0n) is 8.93. The summed E-state index contributed by atoms with van der Waals surface area (Å²) in [6, 6.07) is 21.6. The van der Waals surface area contributed by atoms with Crippen molar-refractivity contribution in [2.24, 2.45) is 0 Å². The third kappa shape index (κ3) is 2.73. The van der Waals surface area contributed by atoms with E-state index in [1.165, 1.54) is 15.4 Å². The molecule has 0 atom stereocenters. The molecule has 0 amide bonds. The van der Waals surface area contributed by atoms with Gasteiger partial charge in [-0.1, -0.05) is 0 Å². The Morgan fingerprint density at radius 2 is 1.13 bits per heavy atom. The van der Waals surface area contributed by atoms with Gasteiger partial charge in [0.1, 0.15) is 0 Å². The Bertz CT molecular complexity index is 360. The van der Waals surface area contributed by atoms with Gasteiger partial charge in [-0.25, -0.2) is 0 Å². The van der Waals surface area contributed by atoms with Crippen molar-refractivity contribution in [3.8, 4) is 0 Å². The van der Waals surface area contributed by atoms with Crippen molar-refractivity contribution in [2.75, 3.05) is 4.83 Å². The van der Waals surface area contributed by atoms with Crippen LogP contribution in [0.1, 0.15) is 0 Å². The van der Waals surface area contributed by atoms with Crippen molar-refractivity contribution < 1.29 is 0 Å². The van der Waals surface area contributed by atoms with Gasteiger partial charge in [0.25, 0.3) is 0 Å². The quantitative estimate of drug-likeness (QED) is 0.533. The molecule has 0 fully saturated rings. The van der Waals surface area contributed by atoms with Crippen LogP contribution in [-0.4, -0.2) is 22.6 Å². The number of rotatable bonds is 3. The molecule has 2 rings (SSSR count). The second-order valence-electron chi connectivity index (χ2n) is 3.42. The Hall–Kier alpha value is -0.533. The van der Waals surface area contributed by atoms with Crippen molar-refractivity contribution in [2.45, 2.75) is 0 Å². The molecule has 0 radical (unpaired) electrons. The Morgan fingerprint density at radius 3 is 1.47 bits per heavy atom. The molecular weight excluding hydrogens is 194 g/mol. The summed E-state index contributed by atoms with van der Waals surface area (Å²) in [7, 11) is -0.149. The normalized spacial score (nSPS) is 10.6. The third-order valence-electron chi connectivity index (χ3n) is 2.45. The standard InChI is InChI=1S/C13H12P.Li/c1-14(12-8-4-2-5-9-12)13-10-6-3-7-11-13;/h2-11H,1H2;. The van der Waals surface area contributed by atoms with Gasteiger partial charge in [0.05, 0.1) is 0 Å². The van der Waals surface area contributed by atoms with Crippen molar-refractivity contribution in [1.29, 1.82) is 0 Å². The molecule has 0 aromatic heterocycles. The molecular formula is C13H12LiP. The number of hydrogen-bond acceptors (Lipinski definition) is 0. The van der Waals surface area contributed by atoms with Gasteiger partial charge < -0.3 is 0 Å². The molecule has 70 valence electrons. The van der Waals surface area contributed by atoms with Crippen LogP contribution in [-0.2, 0) is 0 Å². The first-order chi connectivity index (χ1) is 7.42. The summed E-state index contributed by atoms with van der Waals surface area (Å²) in [5.74, 6) is 0. The van der Waals surface area contributed by atoms with E-state index in [-0.39, 0.29) is 7.92 Å². The molecule has 2 aromatic carbocycles. The van der Waals surface area contributed by atoms with E-state index in [2.05, 4.69) is 78.4 Å². The van der Waals surface area contributed by atoms with Crippen molar-refractivity contribution >= 4 is 36.2 Å². The molecule has 0 aliphatic heterocycles. The van der Waals surface area contributed by atoms with Crippen LogP contribution in [0.4, 0.5) is 0 Å². The molecule has 2 heteroatoms. The van der Waals surface area contributed by atoms with Gasteiger partial charge in [0.15, 0.2) is 0 Å². The maximum absolute atomic E-state index is 2.27. The van der Waals surface area contributed by atoms with Crippen LogP contribution in [0.3, 0.4) is 0 Å². The fraction of sp³-hybridized carbons (Fsp3) is 0.0769. The predicted octanol–water partition coefficient (Wildman–Crippen LogP) is 2.25. The monoisotopic (exact) mass is 206 g/mol. The van der Waals surface area contributed by atoms with E-state index < -0.39 is 0 Å². The van der Waals surface area contributed by atoms with E-state index in [1.54, 1.807) is 0 Å². The molecule has 0 saturated carbocycles. The van der Waals surface area contributed by atoms with Crippen LogP contribution in [0.2, 0.25) is 0 Å². The molecule has 0 bridgehead atoms. The first-order valence-corrected chi connectivity index (χ1v) is 6.82. The summed E-state index contributed by atoms with van der Waals surface area (Å²) < 4.78 is 0. The predicted molar refractivity (Wildman–Crippen MR) is 69.7 cm³/mol. The van der Waals surface area contributed by atoms with Crippen molar-refractivity contribution in [1.82, 2.24) is 0 Å².